The molecule has 2 saturated carbocycles. The second-order valence-electron chi connectivity index (χ2n) is 6.31. The summed E-state index contributed by atoms with van der Waals surface area (Å²) in [5.74, 6) is 2.00. The molecule has 0 spiro atoms. The number of piperazine rings is 1. The number of nitrogens with zero attached hydrogens (tertiary/aromatic N) is 1. The van der Waals surface area contributed by atoms with Gasteiger partial charge in [0.05, 0.1) is 0 Å². The van der Waals surface area contributed by atoms with Crippen molar-refractivity contribution in [1.29, 1.82) is 0 Å². The minimum absolute atomic E-state index is 0.827. The lowest BCUT2D eigenvalue weighted by atomic mass is 9.86. The average molecular weight is 222 g/mol. The van der Waals surface area contributed by atoms with Gasteiger partial charge in [-0.05, 0) is 50.4 Å². The van der Waals surface area contributed by atoms with Gasteiger partial charge in [-0.15, -0.1) is 0 Å². The Bertz CT molecular complexity index is 229. The highest BCUT2D eigenvalue weighted by Crippen LogP contribution is 2.35. The molecule has 1 N–H and O–H groups in total. The van der Waals surface area contributed by atoms with Crippen LogP contribution in [0.25, 0.3) is 0 Å². The summed E-state index contributed by atoms with van der Waals surface area (Å²) in [6, 6.07) is 1.74. The van der Waals surface area contributed by atoms with Gasteiger partial charge in [0, 0.05) is 31.7 Å². The number of nitrogens with one attached hydrogen (secondary N) is 1. The second kappa shape index (κ2) is 4.66. The Hall–Kier alpha value is -0.0800. The smallest absolute Gasteiger partial charge is 0.0223 e. The summed E-state index contributed by atoms with van der Waals surface area (Å²) in [5.41, 5.74) is 0. The fraction of sp³-hybridized carbons (Fsp3) is 1.00. The molecular formula is C14H26N2. The van der Waals surface area contributed by atoms with Crippen molar-refractivity contribution in [2.45, 2.75) is 57.5 Å². The van der Waals surface area contributed by atoms with Gasteiger partial charge in [-0.1, -0.05) is 6.92 Å². The average Bonchev–Trinajstić information content (AvgIpc) is 3.14. The summed E-state index contributed by atoms with van der Waals surface area (Å²) >= 11 is 0. The van der Waals surface area contributed by atoms with E-state index in [1.807, 2.05) is 0 Å². The van der Waals surface area contributed by atoms with Crippen LogP contribution in [-0.4, -0.2) is 36.6 Å². The number of hydrogen-bond donors (Lipinski definition) is 1. The zero-order valence-corrected chi connectivity index (χ0v) is 10.6. The van der Waals surface area contributed by atoms with Crippen LogP contribution in [0.1, 0.15) is 45.4 Å². The Morgan fingerprint density at radius 1 is 1.00 bits per heavy atom. The fourth-order valence-electron chi connectivity index (χ4n) is 3.56. The normalized spacial score (nSPS) is 42.2. The molecule has 1 heterocycles. The third kappa shape index (κ3) is 2.43. The van der Waals surface area contributed by atoms with Crippen molar-refractivity contribution in [3.63, 3.8) is 0 Å². The molecule has 2 nitrogen and oxygen atoms in total. The first kappa shape index (κ1) is 11.0. The summed E-state index contributed by atoms with van der Waals surface area (Å²) in [5, 5.41) is 3.72. The van der Waals surface area contributed by atoms with Crippen molar-refractivity contribution in [3.8, 4) is 0 Å². The molecule has 3 rings (SSSR count). The van der Waals surface area contributed by atoms with Crippen molar-refractivity contribution in [2.75, 3.05) is 19.6 Å². The molecule has 1 aliphatic heterocycles. The lowest BCUT2D eigenvalue weighted by molar-refractivity contribution is 0.0992. The Balaban J connectivity index is 1.53. The molecule has 3 fully saturated rings. The standard InChI is InChI=1S/C14H26N2/c1-11-2-6-13(7-3-11)16-9-8-15-14(10-16)12-4-5-12/h11-15H,2-10H2,1H3. The van der Waals surface area contributed by atoms with E-state index in [4.69, 9.17) is 0 Å². The minimum atomic E-state index is 0.827. The Labute approximate surface area is 99.8 Å². The summed E-state index contributed by atoms with van der Waals surface area (Å²) < 4.78 is 0. The van der Waals surface area contributed by atoms with Gasteiger partial charge in [-0.2, -0.15) is 0 Å². The van der Waals surface area contributed by atoms with Gasteiger partial charge in [0.15, 0.2) is 0 Å². The van der Waals surface area contributed by atoms with Crippen LogP contribution < -0.4 is 5.32 Å². The van der Waals surface area contributed by atoms with Gasteiger partial charge in [0.2, 0.25) is 0 Å². The van der Waals surface area contributed by atoms with E-state index in [0.717, 1.165) is 23.9 Å². The van der Waals surface area contributed by atoms with E-state index in [9.17, 15) is 0 Å². The highest BCUT2D eigenvalue weighted by atomic mass is 15.2. The van der Waals surface area contributed by atoms with Gasteiger partial charge >= 0.3 is 0 Å². The summed E-state index contributed by atoms with van der Waals surface area (Å²) in [7, 11) is 0. The molecule has 0 radical (unpaired) electrons. The van der Waals surface area contributed by atoms with Gasteiger partial charge < -0.3 is 5.32 Å². The second-order valence-corrected chi connectivity index (χ2v) is 6.31. The van der Waals surface area contributed by atoms with Gasteiger partial charge in [-0.3, -0.25) is 4.90 Å². The highest BCUT2D eigenvalue weighted by molar-refractivity contribution is 4.93. The lowest BCUT2D eigenvalue weighted by Crippen LogP contribution is -2.55. The molecule has 2 aliphatic carbocycles. The highest BCUT2D eigenvalue weighted by Gasteiger charge is 2.36. The minimum Gasteiger partial charge on any atom is -0.311 e. The molecule has 1 saturated heterocycles. The Kier molecular flexibility index (Phi) is 3.21. The largest absolute Gasteiger partial charge is 0.311 e. The van der Waals surface area contributed by atoms with Crippen LogP contribution in [0.4, 0.5) is 0 Å². The van der Waals surface area contributed by atoms with Crippen molar-refractivity contribution in [1.82, 2.24) is 10.2 Å². The topological polar surface area (TPSA) is 15.3 Å². The van der Waals surface area contributed by atoms with E-state index in [2.05, 4.69) is 17.1 Å². The molecule has 1 unspecified atom stereocenters. The van der Waals surface area contributed by atoms with Crippen LogP contribution in [-0.2, 0) is 0 Å². The van der Waals surface area contributed by atoms with Crippen LogP contribution in [0.15, 0.2) is 0 Å². The first-order valence-electron chi connectivity index (χ1n) is 7.30. The number of rotatable bonds is 2. The zero-order valence-electron chi connectivity index (χ0n) is 10.6. The van der Waals surface area contributed by atoms with Gasteiger partial charge in [0.25, 0.3) is 0 Å². The molecule has 0 bridgehead atoms. The summed E-state index contributed by atoms with van der Waals surface area (Å²) in [4.78, 5) is 2.80. The molecular weight excluding hydrogens is 196 g/mol. The van der Waals surface area contributed by atoms with Gasteiger partial charge in [-0.25, -0.2) is 0 Å². The molecule has 0 aromatic heterocycles. The van der Waals surface area contributed by atoms with E-state index in [1.165, 1.54) is 58.2 Å². The van der Waals surface area contributed by atoms with E-state index in [1.54, 1.807) is 0 Å². The molecule has 0 amide bonds. The van der Waals surface area contributed by atoms with E-state index in [-0.39, 0.29) is 0 Å². The third-order valence-corrected chi connectivity index (χ3v) is 4.93. The van der Waals surface area contributed by atoms with Crippen molar-refractivity contribution < 1.29 is 0 Å². The van der Waals surface area contributed by atoms with Crippen LogP contribution in [0.5, 0.6) is 0 Å². The van der Waals surface area contributed by atoms with E-state index >= 15 is 0 Å². The predicted molar refractivity (Wildman–Crippen MR) is 67.5 cm³/mol. The first-order valence-corrected chi connectivity index (χ1v) is 7.30. The molecule has 2 heteroatoms. The van der Waals surface area contributed by atoms with Crippen LogP contribution >= 0.6 is 0 Å². The lowest BCUT2D eigenvalue weighted by Gasteiger charge is -2.41. The fourth-order valence-corrected chi connectivity index (χ4v) is 3.56. The third-order valence-electron chi connectivity index (χ3n) is 4.93. The SMILES string of the molecule is CC1CCC(N2CCNC(C3CC3)C2)CC1. The van der Waals surface area contributed by atoms with Crippen LogP contribution in [0, 0.1) is 11.8 Å². The quantitative estimate of drug-likeness (QED) is 0.771. The van der Waals surface area contributed by atoms with Crippen LogP contribution in [0.3, 0.4) is 0 Å². The summed E-state index contributed by atoms with van der Waals surface area (Å²) in [6.45, 7) is 6.28. The van der Waals surface area contributed by atoms with Crippen molar-refractivity contribution in [3.05, 3.63) is 0 Å². The molecule has 1 atom stereocenters. The predicted octanol–water partition coefficient (Wildman–Crippen LogP) is 2.25. The summed E-state index contributed by atoms with van der Waals surface area (Å²) in [6.07, 6.45) is 8.79. The maximum atomic E-state index is 3.72. The molecule has 3 aliphatic rings. The molecule has 0 aromatic rings. The molecule has 0 aromatic carbocycles. The van der Waals surface area contributed by atoms with Gasteiger partial charge in [0.1, 0.15) is 0 Å². The zero-order chi connectivity index (χ0) is 11.0. The molecule has 16 heavy (non-hydrogen) atoms. The monoisotopic (exact) mass is 222 g/mol. The maximum Gasteiger partial charge on any atom is 0.0223 e. The van der Waals surface area contributed by atoms with Crippen molar-refractivity contribution in [2.24, 2.45) is 11.8 Å². The maximum absolute atomic E-state index is 3.72. The first-order chi connectivity index (χ1) is 7.83. The Morgan fingerprint density at radius 2 is 1.75 bits per heavy atom. The molecule has 92 valence electrons. The van der Waals surface area contributed by atoms with E-state index < -0.39 is 0 Å². The Morgan fingerprint density at radius 3 is 2.44 bits per heavy atom. The van der Waals surface area contributed by atoms with Crippen LogP contribution in [0.2, 0.25) is 0 Å². The van der Waals surface area contributed by atoms with Crippen molar-refractivity contribution >= 4 is 0 Å². The van der Waals surface area contributed by atoms with E-state index in [0.29, 0.717) is 0 Å². The number of hydrogen-bond acceptors (Lipinski definition) is 2.